The van der Waals surface area contributed by atoms with E-state index in [0.29, 0.717) is 29.0 Å². The van der Waals surface area contributed by atoms with Crippen LogP contribution in [0.2, 0.25) is 0 Å². The van der Waals surface area contributed by atoms with Gasteiger partial charge in [-0.05, 0) is 18.2 Å². The molecule has 1 fully saturated rings. The lowest BCUT2D eigenvalue weighted by Crippen LogP contribution is -2.28. The Labute approximate surface area is 190 Å². The molecule has 10 heteroatoms. The van der Waals surface area contributed by atoms with Crippen LogP contribution in [-0.2, 0) is 15.0 Å². The SMILES string of the molecule is CC(C)(C)c1cc(NC(=O)C2CC(=O)N(c3ccc4c(c3)OCO4)C2)n(-c2ncccn2)n1. The summed E-state index contributed by atoms with van der Waals surface area (Å²) >= 11 is 0. The standard InChI is InChI=1S/C23H24N6O4/c1-23(2,3)18-11-19(29(27-18)22-24-7-4-8-25-22)26-21(31)14-9-20(30)28(12-14)15-5-6-16-17(10-15)33-13-32-16/h4-8,10-11,14H,9,12-13H2,1-3H3,(H,26,31). The normalized spacial score (nSPS) is 17.5. The molecule has 10 nitrogen and oxygen atoms in total. The van der Waals surface area contributed by atoms with E-state index in [1.165, 1.54) is 4.68 Å². The molecule has 4 heterocycles. The zero-order valence-corrected chi connectivity index (χ0v) is 18.6. The summed E-state index contributed by atoms with van der Waals surface area (Å²) in [6, 6.07) is 8.86. The third-order valence-corrected chi connectivity index (χ3v) is 5.63. The van der Waals surface area contributed by atoms with Gasteiger partial charge < -0.3 is 19.7 Å². The Hall–Kier alpha value is -3.95. The lowest BCUT2D eigenvalue weighted by Gasteiger charge is -2.17. The topological polar surface area (TPSA) is 111 Å². The van der Waals surface area contributed by atoms with Crippen LogP contribution in [0, 0.1) is 5.92 Å². The van der Waals surface area contributed by atoms with E-state index in [1.807, 2.05) is 26.8 Å². The fraction of sp³-hybridized carbons (Fsp3) is 0.348. The zero-order chi connectivity index (χ0) is 23.2. The number of nitrogens with one attached hydrogen (secondary N) is 1. The summed E-state index contributed by atoms with van der Waals surface area (Å²) in [5.74, 6) is 1.16. The minimum absolute atomic E-state index is 0.113. The summed E-state index contributed by atoms with van der Waals surface area (Å²) in [6.07, 6.45) is 3.35. The van der Waals surface area contributed by atoms with Crippen LogP contribution in [0.15, 0.2) is 42.7 Å². The molecule has 2 amide bonds. The van der Waals surface area contributed by atoms with Crippen LogP contribution >= 0.6 is 0 Å². The molecule has 2 aliphatic heterocycles. The highest BCUT2D eigenvalue weighted by atomic mass is 16.7. The van der Waals surface area contributed by atoms with Crippen molar-refractivity contribution in [2.24, 2.45) is 5.92 Å². The average molecular weight is 448 g/mol. The molecule has 0 spiro atoms. The second kappa shape index (κ2) is 7.88. The summed E-state index contributed by atoms with van der Waals surface area (Å²) in [5, 5.41) is 7.55. The smallest absolute Gasteiger partial charge is 0.252 e. The van der Waals surface area contributed by atoms with Crippen molar-refractivity contribution in [3.05, 3.63) is 48.4 Å². The first kappa shape index (κ1) is 20.9. The maximum absolute atomic E-state index is 13.2. The number of carbonyl (C=O) groups excluding carboxylic acids is 2. The Kier molecular flexibility index (Phi) is 4.99. The summed E-state index contributed by atoms with van der Waals surface area (Å²) in [7, 11) is 0. The number of hydrogen-bond acceptors (Lipinski definition) is 7. The van der Waals surface area contributed by atoms with Gasteiger partial charge >= 0.3 is 0 Å². The van der Waals surface area contributed by atoms with Gasteiger partial charge in [-0.15, -0.1) is 0 Å². The van der Waals surface area contributed by atoms with Gasteiger partial charge in [0.25, 0.3) is 5.95 Å². The molecule has 0 saturated carbocycles. The minimum Gasteiger partial charge on any atom is -0.454 e. The van der Waals surface area contributed by atoms with Gasteiger partial charge in [0.2, 0.25) is 18.6 Å². The number of ether oxygens (including phenoxy) is 2. The first-order valence-corrected chi connectivity index (χ1v) is 10.7. The lowest BCUT2D eigenvalue weighted by molar-refractivity contribution is -0.122. The number of aromatic nitrogens is 4. The van der Waals surface area contributed by atoms with Gasteiger partial charge in [-0.1, -0.05) is 20.8 Å². The number of fused-ring (bicyclic) bond motifs is 1. The van der Waals surface area contributed by atoms with Crippen molar-refractivity contribution in [2.45, 2.75) is 32.6 Å². The molecular weight excluding hydrogens is 424 g/mol. The van der Waals surface area contributed by atoms with Crippen LogP contribution in [0.4, 0.5) is 11.5 Å². The Balaban J connectivity index is 1.37. The monoisotopic (exact) mass is 448 g/mol. The third-order valence-electron chi connectivity index (χ3n) is 5.63. The predicted octanol–water partition coefficient (Wildman–Crippen LogP) is 2.68. The molecule has 170 valence electrons. The molecule has 2 aliphatic rings. The van der Waals surface area contributed by atoms with Gasteiger partial charge in [0.1, 0.15) is 5.82 Å². The lowest BCUT2D eigenvalue weighted by atomic mass is 9.92. The van der Waals surface area contributed by atoms with Crippen LogP contribution in [0.25, 0.3) is 5.95 Å². The summed E-state index contributed by atoms with van der Waals surface area (Å²) in [4.78, 5) is 36.0. The van der Waals surface area contributed by atoms with Crippen molar-refractivity contribution < 1.29 is 19.1 Å². The molecule has 1 atom stereocenters. The molecule has 0 bridgehead atoms. The van der Waals surface area contributed by atoms with Crippen molar-refractivity contribution in [3.63, 3.8) is 0 Å². The van der Waals surface area contributed by atoms with E-state index in [2.05, 4.69) is 20.4 Å². The maximum Gasteiger partial charge on any atom is 0.252 e. The molecule has 33 heavy (non-hydrogen) atoms. The van der Waals surface area contributed by atoms with E-state index < -0.39 is 5.92 Å². The van der Waals surface area contributed by atoms with Crippen LogP contribution in [0.5, 0.6) is 11.5 Å². The molecule has 3 aromatic rings. The average Bonchev–Trinajstić information content (AvgIpc) is 3.51. The van der Waals surface area contributed by atoms with Gasteiger partial charge in [-0.3, -0.25) is 9.59 Å². The third kappa shape index (κ3) is 3.99. The van der Waals surface area contributed by atoms with Crippen LogP contribution in [-0.4, -0.2) is 44.9 Å². The van der Waals surface area contributed by atoms with Crippen LogP contribution in [0.1, 0.15) is 32.9 Å². The first-order chi connectivity index (χ1) is 15.8. The Morgan fingerprint density at radius 1 is 1.12 bits per heavy atom. The van der Waals surface area contributed by atoms with Gasteiger partial charge in [-0.25, -0.2) is 9.97 Å². The van der Waals surface area contributed by atoms with Gasteiger partial charge in [0, 0.05) is 48.6 Å². The van der Waals surface area contributed by atoms with E-state index in [4.69, 9.17) is 9.47 Å². The number of amides is 2. The maximum atomic E-state index is 13.2. The van der Waals surface area contributed by atoms with Crippen molar-refractivity contribution in [1.82, 2.24) is 19.7 Å². The van der Waals surface area contributed by atoms with Crippen molar-refractivity contribution in [3.8, 4) is 17.4 Å². The highest BCUT2D eigenvalue weighted by Gasteiger charge is 2.36. The largest absolute Gasteiger partial charge is 0.454 e. The van der Waals surface area contributed by atoms with Crippen LogP contribution in [0.3, 0.4) is 0 Å². The van der Waals surface area contributed by atoms with E-state index in [0.717, 1.165) is 5.69 Å². The number of hydrogen-bond donors (Lipinski definition) is 1. The van der Waals surface area contributed by atoms with Gasteiger partial charge in [-0.2, -0.15) is 9.78 Å². The van der Waals surface area contributed by atoms with Gasteiger partial charge in [0.15, 0.2) is 11.5 Å². The van der Waals surface area contributed by atoms with Crippen molar-refractivity contribution in [1.29, 1.82) is 0 Å². The molecule has 1 saturated heterocycles. The molecular formula is C23H24N6O4. The fourth-order valence-electron chi connectivity index (χ4n) is 3.80. The molecule has 5 rings (SSSR count). The van der Waals surface area contributed by atoms with E-state index >= 15 is 0 Å². The van der Waals surface area contributed by atoms with Gasteiger partial charge in [0.05, 0.1) is 11.6 Å². The highest BCUT2D eigenvalue weighted by molar-refractivity contribution is 6.03. The van der Waals surface area contributed by atoms with E-state index in [1.54, 1.807) is 41.6 Å². The van der Waals surface area contributed by atoms with Crippen molar-refractivity contribution in [2.75, 3.05) is 23.6 Å². The quantitative estimate of drug-likeness (QED) is 0.653. The summed E-state index contributed by atoms with van der Waals surface area (Å²) < 4.78 is 12.3. The molecule has 2 aromatic heterocycles. The van der Waals surface area contributed by atoms with E-state index in [-0.39, 0.29) is 37.0 Å². The molecule has 0 radical (unpaired) electrons. The Morgan fingerprint density at radius 2 is 1.88 bits per heavy atom. The fourth-order valence-corrected chi connectivity index (χ4v) is 3.80. The molecule has 0 aliphatic carbocycles. The minimum atomic E-state index is -0.513. The Bertz CT molecular complexity index is 1220. The second-order valence-corrected chi connectivity index (χ2v) is 9.06. The highest BCUT2D eigenvalue weighted by Crippen LogP contribution is 2.37. The number of nitrogens with zero attached hydrogens (tertiary/aromatic N) is 5. The Morgan fingerprint density at radius 3 is 2.64 bits per heavy atom. The zero-order valence-electron chi connectivity index (χ0n) is 18.6. The predicted molar refractivity (Wildman–Crippen MR) is 120 cm³/mol. The summed E-state index contributed by atoms with van der Waals surface area (Å²) in [5.41, 5.74) is 1.23. The first-order valence-electron chi connectivity index (χ1n) is 10.7. The summed E-state index contributed by atoms with van der Waals surface area (Å²) in [6.45, 7) is 6.54. The number of carbonyl (C=O) groups is 2. The number of anilines is 2. The number of rotatable bonds is 4. The second-order valence-electron chi connectivity index (χ2n) is 9.06. The van der Waals surface area contributed by atoms with Crippen LogP contribution < -0.4 is 19.7 Å². The molecule has 1 N–H and O–H groups in total. The van der Waals surface area contributed by atoms with E-state index in [9.17, 15) is 9.59 Å². The van der Waals surface area contributed by atoms with Crippen molar-refractivity contribution >= 4 is 23.3 Å². The molecule has 1 unspecified atom stereocenters. The molecule has 1 aromatic carbocycles. The number of benzene rings is 1.